The first-order chi connectivity index (χ1) is 15.2. The number of nitrogens with one attached hydrogen (secondary N) is 2. The van der Waals surface area contributed by atoms with Crippen molar-refractivity contribution in [1.29, 1.82) is 0 Å². The van der Waals surface area contributed by atoms with Crippen LogP contribution < -0.4 is 16.4 Å². The number of amides is 4. The summed E-state index contributed by atoms with van der Waals surface area (Å²) in [6.45, 7) is 13.5. The number of piperidine rings is 1. The number of nitrogens with two attached hydrogens (primary N) is 1. The van der Waals surface area contributed by atoms with Gasteiger partial charge in [0.25, 0.3) is 5.91 Å². The van der Waals surface area contributed by atoms with Crippen molar-refractivity contribution >= 4 is 29.4 Å². The van der Waals surface area contributed by atoms with Gasteiger partial charge in [-0.2, -0.15) is 0 Å². The highest BCUT2D eigenvalue weighted by molar-refractivity contribution is 6.37. The summed E-state index contributed by atoms with van der Waals surface area (Å²) < 4.78 is 0. The topological polar surface area (TPSA) is 139 Å². The van der Waals surface area contributed by atoms with Crippen LogP contribution in [-0.2, 0) is 24.0 Å². The van der Waals surface area contributed by atoms with E-state index in [1.165, 1.54) is 4.90 Å². The van der Waals surface area contributed by atoms with Crippen LogP contribution in [0.15, 0.2) is 12.7 Å². The lowest BCUT2D eigenvalue weighted by atomic mass is 9.85. The number of ketones is 1. The molecule has 2 saturated carbocycles. The predicted molar refractivity (Wildman–Crippen MR) is 121 cm³/mol. The van der Waals surface area contributed by atoms with Crippen molar-refractivity contribution in [1.82, 2.24) is 15.5 Å². The van der Waals surface area contributed by atoms with E-state index in [-0.39, 0.29) is 29.1 Å². The van der Waals surface area contributed by atoms with Gasteiger partial charge in [-0.25, -0.2) is 0 Å². The zero-order valence-electron chi connectivity index (χ0n) is 20.1. The van der Waals surface area contributed by atoms with Crippen LogP contribution in [-0.4, -0.2) is 59.0 Å². The molecular formula is C24H36N4O5. The molecule has 0 aromatic carbocycles. The SMILES string of the molecule is C=CC(=O)N[C@H](C(=O)N1C[C@H]2C([C@H]1C(=O)NC(CC1CC1)C(=O)C(N)=O)C2(C)C)C(C)(C)C. The highest BCUT2D eigenvalue weighted by atomic mass is 16.2. The molecule has 33 heavy (non-hydrogen) atoms. The van der Waals surface area contributed by atoms with E-state index in [1.807, 2.05) is 20.8 Å². The molecule has 3 fully saturated rings. The zero-order chi connectivity index (χ0) is 24.9. The van der Waals surface area contributed by atoms with E-state index >= 15 is 0 Å². The van der Waals surface area contributed by atoms with Crippen LogP contribution in [0.1, 0.15) is 53.9 Å². The molecule has 0 bridgehead atoms. The third-order valence-corrected chi connectivity index (χ3v) is 7.49. The van der Waals surface area contributed by atoms with Crippen LogP contribution >= 0.6 is 0 Å². The molecular weight excluding hydrogens is 424 g/mol. The largest absolute Gasteiger partial charge is 0.363 e. The van der Waals surface area contributed by atoms with Crippen LogP contribution in [0, 0.1) is 28.6 Å². The third-order valence-electron chi connectivity index (χ3n) is 7.49. The number of rotatable bonds is 9. The van der Waals surface area contributed by atoms with E-state index in [0.717, 1.165) is 18.9 Å². The fraction of sp³-hybridized carbons (Fsp3) is 0.708. The summed E-state index contributed by atoms with van der Waals surface area (Å²) in [6.07, 6.45) is 3.37. The monoisotopic (exact) mass is 460 g/mol. The van der Waals surface area contributed by atoms with Gasteiger partial charge in [0, 0.05) is 6.54 Å². The van der Waals surface area contributed by atoms with E-state index in [0.29, 0.717) is 13.0 Å². The first-order valence-corrected chi connectivity index (χ1v) is 11.6. The number of carbonyl (C=O) groups is 5. The number of likely N-dealkylation sites (tertiary alicyclic amines) is 1. The van der Waals surface area contributed by atoms with Gasteiger partial charge in [0.1, 0.15) is 12.1 Å². The van der Waals surface area contributed by atoms with Crippen LogP contribution in [0.2, 0.25) is 0 Å². The standard InChI is InChI=1S/C24H36N4O5/c1-7-15(29)27-19(23(2,3)4)22(33)28-11-13-16(24(13,5)6)17(28)21(32)26-14(10-12-8-9-12)18(30)20(25)31/h7,12-14,16-17,19H,1,8-11H2,2-6H3,(H2,25,31)(H,26,32)(H,27,29)/t13-,14?,16?,17-,19+/m0/s1. The maximum absolute atomic E-state index is 13.6. The normalized spacial score (nSPS) is 27.1. The highest BCUT2D eigenvalue weighted by Crippen LogP contribution is 2.65. The van der Waals surface area contributed by atoms with Gasteiger partial charge in [0.2, 0.25) is 23.5 Å². The van der Waals surface area contributed by atoms with E-state index < -0.39 is 47.0 Å². The Labute approximate surface area is 194 Å². The summed E-state index contributed by atoms with van der Waals surface area (Å²) in [5.41, 5.74) is 4.48. The lowest BCUT2D eigenvalue weighted by Crippen LogP contribution is -2.60. The van der Waals surface area contributed by atoms with Gasteiger partial charge in [-0.15, -0.1) is 0 Å². The summed E-state index contributed by atoms with van der Waals surface area (Å²) in [5.74, 6) is -2.81. The van der Waals surface area contributed by atoms with Gasteiger partial charge < -0.3 is 21.3 Å². The molecule has 182 valence electrons. The van der Waals surface area contributed by atoms with Gasteiger partial charge in [-0.1, -0.05) is 54.0 Å². The first kappa shape index (κ1) is 24.9. The van der Waals surface area contributed by atoms with Crippen molar-refractivity contribution in [2.75, 3.05) is 6.54 Å². The smallest absolute Gasteiger partial charge is 0.287 e. The average Bonchev–Trinajstić information content (AvgIpc) is 3.56. The van der Waals surface area contributed by atoms with Gasteiger partial charge in [-0.05, 0) is 41.1 Å². The van der Waals surface area contributed by atoms with Crippen LogP contribution in [0.4, 0.5) is 0 Å². The Hall–Kier alpha value is -2.71. The summed E-state index contributed by atoms with van der Waals surface area (Å²) in [7, 11) is 0. The molecule has 1 aliphatic heterocycles. The van der Waals surface area contributed by atoms with Crippen molar-refractivity contribution in [2.24, 2.45) is 34.3 Å². The second-order valence-corrected chi connectivity index (χ2v) is 11.4. The Bertz CT molecular complexity index is 886. The number of hydrogen-bond donors (Lipinski definition) is 3. The summed E-state index contributed by atoms with van der Waals surface area (Å²) in [6, 6.07) is -2.63. The average molecular weight is 461 g/mol. The van der Waals surface area contributed by atoms with Crippen molar-refractivity contribution in [3.8, 4) is 0 Å². The number of hydrogen-bond acceptors (Lipinski definition) is 5. The maximum Gasteiger partial charge on any atom is 0.287 e. The van der Waals surface area contributed by atoms with E-state index in [9.17, 15) is 24.0 Å². The quantitative estimate of drug-likeness (QED) is 0.340. The second-order valence-electron chi connectivity index (χ2n) is 11.4. The number of primary amides is 1. The van der Waals surface area contributed by atoms with Gasteiger partial charge >= 0.3 is 0 Å². The minimum Gasteiger partial charge on any atom is -0.363 e. The van der Waals surface area contributed by atoms with Gasteiger partial charge in [-0.3, -0.25) is 24.0 Å². The predicted octanol–water partition coefficient (Wildman–Crippen LogP) is 0.526. The number of Topliss-reactive ketones (excluding diaryl/α,β-unsaturated/α-hetero) is 1. The molecule has 2 aliphatic carbocycles. The first-order valence-electron chi connectivity index (χ1n) is 11.6. The van der Waals surface area contributed by atoms with Crippen molar-refractivity contribution in [3.63, 3.8) is 0 Å². The Morgan fingerprint density at radius 1 is 1.15 bits per heavy atom. The molecule has 9 heteroatoms. The molecule has 0 aromatic heterocycles. The molecule has 4 amide bonds. The Balaban J connectivity index is 1.85. The second kappa shape index (κ2) is 8.57. The van der Waals surface area contributed by atoms with Crippen LogP contribution in [0.5, 0.6) is 0 Å². The molecule has 0 aromatic rings. The Morgan fingerprint density at radius 2 is 1.76 bits per heavy atom. The summed E-state index contributed by atoms with van der Waals surface area (Å²) in [4.78, 5) is 64.5. The number of carbonyl (C=O) groups excluding carboxylic acids is 5. The maximum atomic E-state index is 13.6. The summed E-state index contributed by atoms with van der Waals surface area (Å²) >= 11 is 0. The number of fused-ring (bicyclic) bond motifs is 1. The third kappa shape index (κ3) is 4.96. The van der Waals surface area contributed by atoms with Gasteiger partial charge in [0.15, 0.2) is 0 Å². The molecule has 9 nitrogen and oxygen atoms in total. The Morgan fingerprint density at radius 3 is 2.24 bits per heavy atom. The molecule has 0 spiro atoms. The lowest BCUT2D eigenvalue weighted by molar-refractivity contribution is -0.146. The lowest BCUT2D eigenvalue weighted by Gasteiger charge is -2.37. The molecule has 0 radical (unpaired) electrons. The number of nitrogens with zero attached hydrogens (tertiary/aromatic N) is 1. The molecule has 3 rings (SSSR count). The minimum absolute atomic E-state index is 0.0672. The highest BCUT2D eigenvalue weighted by Gasteiger charge is 2.69. The van der Waals surface area contributed by atoms with Crippen LogP contribution in [0.25, 0.3) is 0 Å². The molecule has 4 N–H and O–H groups in total. The Kier molecular flexibility index (Phi) is 6.47. The van der Waals surface area contributed by atoms with Crippen molar-refractivity contribution in [3.05, 3.63) is 12.7 Å². The zero-order valence-corrected chi connectivity index (χ0v) is 20.1. The molecule has 5 atom stereocenters. The van der Waals surface area contributed by atoms with Crippen LogP contribution in [0.3, 0.4) is 0 Å². The molecule has 1 heterocycles. The van der Waals surface area contributed by atoms with Crippen molar-refractivity contribution in [2.45, 2.75) is 72.0 Å². The van der Waals surface area contributed by atoms with E-state index in [4.69, 9.17) is 5.73 Å². The van der Waals surface area contributed by atoms with Crippen molar-refractivity contribution < 1.29 is 24.0 Å². The molecule has 3 aliphatic rings. The summed E-state index contributed by atoms with van der Waals surface area (Å²) in [5, 5.41) is 5.44. The van der Waals surface area contributed by atoms with E-state index in [1.54, 1.807) is 0 Å². The minimum atomic E-state index is -1.08. The molecule has 1 saturated heterocycles. The van der Waals surface area contributed by atoms with E-state index in [2.05, 4.69) is 31.1 Å². The molecule has 2 unspecified atom stereocenters. The fourth-order valence-corrected chi connectivity index (χ4v) is 5.18. The van der Waals surface area contributed by atoms with Gasteiger partial charge in [0.05, 0.1) is 6.04 Å². The fourth-order valence-electron chi connectivity index (χ4n) is 5.18.